The minimum absolute atomic E-state index is 0.249. The molecule has 3 saturated heterocycles. The van der Waals surface area contributed by atoms with Gasteiger partial charge in [0.1, 0.15) is 0 Å². The Balaban J connectivity index is 1.43. The number of rotatable bonds is 4. The molecular formula is C19H33N3O2. The van der Waals surface area contributed by atoms with E-state index in [4.69, 9.17) is 0 Å². The van der Waals surface area contributed by atoms with Crippen LogP contribution in [0, 0.1) is 11.8 Å². The molecule has 3 aliphatic heterocycles. The largest absolute Gasteiger partial charge is 0.342 e. The lowest BCUT2D eigenvalue weighted by Gasteiger charge is -2.39. The standard InChI is InChI=1S/C19H33N3O2/c1-15(2)22-14-16(5-6-18(22)23)13-20-11-7-17(8-12-20)19(24)21-9-3-4-10-21/h15-17H,3-14H2,1-2H3. The first-order chi connectivity index (χ1) is 11.5. The summed E-state index contributed by atoms with van der Waals surface area (Å²) in [6, 6.07) is 0.309. The van der Waals surface area contributed by atoms with Gasteiger partial charge in [-0.05, 0) is 65.0 Å². The molecule has 1 unspecified atom stereocenters. The molecular weight excluding hydrogens is 302 g/mol. The second-order valence-electron chi connectivity index (χ2n) is 8.15. The molecule has 0 spiro atoms. The Morgan fingerprint density at radius 2 is 1.75 bits per heavy atom. The van der Waals surface area contributed by atoms with Gasteiger partial charge in [0.05, 0.1) is 0 Å². The van der Waals surface area contributed by atoms with E-state index in [1.807, 2.05) is 4.90 Å². The topological polar surface area (TPSA) is 43.9 Å². The number of carbonyl (C=O) groups is 2. The van der Waals surface area contributed by atoms with E-state index < -0.39 is 0 Å². The molecule has 0 N–H and O–H groups in total. The Morgan fingerprint density at radius 1 is 1.08 bits per heavy atom. The van der Waals surface area contributed by atoms with E-state index in [1.54, 1.807) is 0 Å². The van der Waals surface area contributed by atoms with Crippen molar-refractivity contribution in [2.45, 2.75) is 58.4 Å². The van der Waals surface area contributed by atoms with Crippen LogP contribution in [0.1, 0.15) is 52.4 Å². The molecule has 0 bridgehead atoms. The van der Waals surface area contributed by atoms with Crippen molar-refractivity contribution in [1.82, 2.24) is 14.7 Å². The van der Waals surface area contributed by atoms with Crippen LogP contribution in [0.3, 0.4) is 0 Å². The number of piperidine rings is 2. The fourth-order valence-corrected chi connectivity index (χ4v) is 4.51. The smallest absolute Gasteiger partial charge is 0.225 e. The quantitative estimate of drug-likeness (QED) is 0.789. The van der Waals surface area contributed by atoms with Crippen LogP contribution in [0.15, 0.2) is 0 Å². The highest BCUT2D eigenvalue weighted by Gasteiger charge is 2.32. The van der Waals surface area contributed by atoms with Crippen molar-refractivity contribution in [2.24, 2.45) is 11.8 Å². The maximum atomic E-state index is 12.5. The molecule has 0 aromatic rings. The van der Waals surface area contributed by atoms with Crippen molar-refractivity contribution >= 4 is 11.8 Å². The first-order valence-corrected chi connectivity index (χ1v) is 9.85. The first kappa shape index (κ1) is 17.7. The zero-order valence-corrected chi connectivity index (χ0v) is 15.4. The Bertz CT molecular complexity index is 452. The van der Waals surface area contributed by atoms with Gasteiger partial charge in [-0.25, -0.2) is 0 Å². The highest BCUT2D eigenvalue weighted by Crippen LogP contribution is 2.25. The van der Waals surface area contributed by atoms with Gasteiger partial charge in [-0.2, -0.15) is 0 Å². The van der Waals surface area contributed by atoms with Crippen molar-refractivity contribution < 1.29 is 9.59 Å². The van der Waals surface area contributed by atoms with Crippen molar-refractivity contribution in [2.75, 3.05) is 39.3 Å². The SMILES string of the molecule is CC(C)N1CC(CN2CCC(C(=O)N3CCCC3)CC2)CCC1=O. The fourth-order valence-electron chi connectivity index (χ4n) is 4.51. The average Bonchev–Trinajstić information content (AvgIpc) is 3.11. The number of carbonyl (C=O) groups excluding carboxylic acids is 2. The van der Waals surface area contributed by atoms with Crippen molar-refractivity contribution in [3.63, 3.8) is 0 Å². The monoisotopic (exact) mass is 335 g/mol. The lowest BCUT2D eigenvalue weighted by molar-refractivity contribution is -0.138. The second-order valence-corrected chi connectivity index (χ2v) is 8.15. The van der Waals surface area contributed by atoms with Gasteiger partial charge in [0.15, 0.2) is 0 Å². The zero-order chi connectivity index (χ0) is 17.1. The van der Waals surface area contributed by atoms with Gasteiger partial charge in [0.25, 0.3) is 0 Å². The van der Waals surface area contributed by atoms with Crippen LogP contribution in [0.25, 0.3) is 0 Å². The molecule has 24 heavy (non-hydrogen) atoms. The Morgan fingerprint density at radius 3 is 2.38 bits per heavy atom. The molecule has 2 amide bonds. The van der Waals surface area contributed by atoms with Gasteiger partial charge in [-0.1, -0.05) is 0 Å². The fraction of sp³-hybridized carbons (Fsp3) is 0.895. The summed E-state index contributed by atoms with van der Waals surface area (Å²) in [4.78, 5) is 31.1. The molecule has 3 heterocycles. The number of amides is 2. The summed E-state index contributed by atoms with van der Waals surface area (Å²) in [5.41, 5.74) is 0. The Kier molecular flexibility index (Phi) is 5.80. The molecule has 3 rings (SSSR count). The number of hydrogen-bond acceptors (Lipinski definition) is 3. The van der Waals surface area contributed by atoms with Crippen LogP contribution in [0.2, 0.25) is 0 Å². The third kappa shape index (κ3) is 4.11. The molecule has 3 fully saturated rings. The predicted octanol–water partition coefficient (Wildman–Crippen LogP) is 1.97. The van der Waals surface area contributed by atoms with Gasteiger partial charge >= 0.3 is 0 Å². The van der Waals surface area contributed by atoms with E-state index in [9.17, 15) is 9.59 Å². The van der Waals surface area contributed by atoms with Crippen LogP contribution in [0.5, 0.6) is 0 Å². The van der Waals surface area contributed by atoms with E-state index in [-0.39, 0.29) is 5.92 Å². The van der Waals surface area contributed by atoms with E-state index in [2.05, 4.69) is 23.6 Å². The molecule has 0 aromatic carbocycles. The molecule has 0 aromatic heterocycles. The molecule has 5 nitrogen and oxygen atoms in total. The summed E-state index contributed by atoms with van der Waals surface area (Å²) < 4.78 is 0. The van der Waals surface area contributed by atoms with E-state index in [1.165, 1.54) is 12.8 Å². The predicted molar refractivity (Wildman–Crippen MR) is 94.6 cm³/mol. The molecule has 0 radical (unpaired) electrons. The number of likely N-dealkylation sites (tertiary alicyclic amines) is 3. The summed E-state index contributed by atoms with van der Waals surface area (Å²) in [5, 5.41) is 0. The summed E-state index contributed by atoms with van der Waals surface area (Å²) in [6.45, 7) is 10.2. The van der Waals surface area contributed by atoms with Crippen LogP contribution in [0.4, 0.5) is 0 Å². The number of hydrogen-bond donors (Lipinski definition) is 0. The second kappa shape index (κ2) is 7.85. The maximum absolute atomic E-state index is 12.5. The summed E-state index contributed by atoms with van der Waals surface area (Å²) in [7, 11) is 0. The third-order valence-electron chi connectivity index (χ3n) is 6.04. The van der Waals surface area contributed by atoms with Gasteiger partial charge in [-0.15, -0.1) is 0 Å². The molecule has 0 aliphatic carbocycles. The maximum Gasteiger partial charge on any atom is 0.225 e. The Hall–Kier alpha value is -1.10. The van der Waals surface area contributed by atoms with Gasteiger partial charge < -0.3 is 14.7 Å². The van der Waals surface area contributed by atoms with Crippen molar-refractivity contribution in [3.05, 3.63) is 0 Å². The first-order valence-electron chi connectivity index (χ1n) is 9.85. The van der Waals surface area contributed by atoms with Crippen molar-refractivity contribution in [3.8, 4) is 0 Å². The van der Waals surface area contributed by atoms with E-state index in [0.29, 0.717) is 30.2 Å². The van der Waals surface area contributed by atoms with E-state index in [0.717, 1.165) is 58.5 Å². The highest BCUT2D eigenvalue weighted by atomic mass is 16.2. The zero-order valence-electron chi connectivity index (χ0n) is 15.4. The van der Waals surface area contributed by atoms with Crippen LogP contribution < -0.4 is 0 Å². The van der Waals surface area contributed by atoms with Crippen LogP contribution in [-0.2, 0) is 9.59 Å². The average molecular weight is 335 g/mol. The number of nitrogens with zero attached hydrogens (tertiary/aromatic N) is 3. The minimum atomic E-state index is 0.249. The lowest BCUT2D eigenvalue weighted by atomic mass is 9.92. The third-order valence-corrected chi connectivity index (χ3v) is 6.04. The van der Waals surface area contributed by atoms with Crippen LogP contribution >= 0.6 is 0 Å². The Labute approximate surface area is 146 Å². The summed E-state index contributed by atoms with van der Waals surface area (Å²) in [5.74, 6) is 1.56. The van der Waals surface area contributed by atoms with Gasteiger partial charge in [-0.3, -0.25) is 9.59 Å². The van der Waals surface area contributed by atoms with Gasteiger partial charge in [0.2, 0.25) is 11.8 Å². The molecule has 1 atom stereocenters. The van der Waals surface area contributed by atoms with Crippen molar-refractivity contribution in [1.29, 1.82) is 0 Å². The highest BCUT2D eigenvalue weighted by molar-refractivity contribution is 5.79. The van der Waals surface area contributed by atoms with Gasteiger partial charge in [0, 0.05) is 44.6 Å². The lowest BCUT2D eigenvalue weighted by Crippen LogP contribution is -2.48. The minimum Gasteiger partial charge on any atom is -0.342 e. The molecule has 3 aliphatic rings. The summed E-state index contributed by atoms with van der Waals surface area (Å²) >= 11 is 0. The molecule has 5 heteroatoms. The van der Waals surface area contributed by atoms with Crippen LogP contribution in [-0.4, -0.2) is 71.8 Å². The molecule has 136 valence electrons. The molecule has 0 saturated carbocycles. The summed E-state index contributed by atoms with van der Waals surface area (Å²) in [6.07, 6.45) is 6.10. The van der Waals surface area contributed by atoms with E-state index >= 15 is 0 Å². The normalized spacial score (nSPS) is 27.3.